The van der Waals surface area contributed by atoms with Crippen LogP contribution in [0, 0.1) is 6.92 Å². The number of pyridine rings is 1. The highest BCUT2D eigenvalue weighted by Crippen LogP contribution is 2.26. The summed E-state index contributed by atoms with van der Waals surface area (Å²) >= 11 is 0. The lowest BCUT2D eigenvalue weighted by atomic mass is 9.91. The maximum atomic E-state index is 12.8. The normalized spacial score (nSPS) is 15.2. The first-order valence-electron chi connectivity index (χ1n) is 9.23. The zero-order valence-electron chi connectivity index (χ0n) is 16.5. The fourth-order valence-electron chi connectivity index (χ4n) is 3.62. The molecule has 1 amide bonds. The minimum absolute atomic E-state index is 0. The molecule has 29 heavy (non-hydrogen) atoms. The summed E-state index contributed by atoms with van der Waals surface area (Å²) in [6, 6.07) is 11.8. The van der Waals surface area contributed by atoms with Crippen LogP contribution in [-0.2, 0) is 9.53 Å². The highest BCUT2D eigenvalue weighted by atomic mass is 35.5. The maximum Gasteiger partial charge on any atom is 0.256 e. The summed E-state index contributed by atoms with van der Waals surface area (Å²) in [7, 11) is 1.61. The van der Waals surface area contributed by atoms with Crippen molar-refractivity contribution in [3.63, 3.8) is 0 Å². The molecular weight excluding hydrogens is 411 g/mol. The van der Waals surface area contributed by atoms with E-state index in [1.165, 1.54) is 0 Å². The molecule has 0 spiro atoms. The largest absolute Gasteiger partial charge is 0.368 e. The van der Waals surface area contributed by atoms with E-state index in [0.29, 0.717) is 12.8 Å². The average molecular weight is 437 g/mol. The predicted molar refractivity (Wildman–Crippen MR) is 120 cm³/mol. The fourth-order valence-corrected chi connectivity index (χ4v) is 3.62. The number of aromatic nitrogens is 2. The zero-order valence-corrected chi connectivity index (χ0v) is 18.1. The molecule has 2 N–H and O–H groups in total. The van der Waals surface area contributed by atoms with Crippen LogP contribution < -0.4 is 10.6 Å². The summed E-state index contributed by atoms with van der Waals surface area (Å²) in [5.74, 6) is -0.0809. The minimum atomic E-state index is -0.747. The van der Waals surface area contributed by atoms with Gasteiger partial charge in [-0.15, -0.1) is 24.8 Å². The number of imidazole rings is 1. The van der Waals surface area contributed by atoms with Gasteiger partial charge in [-0.3, -0.25) is 4.79 Å². The molecular formula is C21H26Cl2N4O2. The number of anilines is 1. The van der Waals surface area contributed by atoms with Gasteiger partial charge in [-0.1, -0.05) is 18.2 Å². The van der Waals surface area contributed by atoms with Crippen molar-refractivity contribution in [2.45, 2.75) is 25.4 Å². The Labute approximate surface area is 182 Å². The number of nitrogens with zero attached hydrogens (tertiary/aromatic N) is 2. The number of hydrogen-bond donors (Lipinski definition) is 2. The number of carbonyl (C=O) groups excluding carboxylic acids is 1. The number of amides is 1. The van der Waals surface area contributed by atoms with Crippen LogP contribution in [0.15, 0.2) is 48.8 Å². The number of carbonyl (C=O) groups is 1. The van der Waals surface area contributed by atoms with Crippen LogP contribution in [0.2, 0.25) is 0 Å². The second kappa shape index (κ2) is 9.59. The highest BCUT2D eigenvalue weighted by molar-refractivity contribution is 5.97. The van der Waals surface area contributed by atoms with Crippen LogP contribution in [0.4, 0.5) is 5.69 Å². The van der Waals surface area contributed by atoms with E-state index in [4.69, 9.17) is 9.72 Å². The molecule has 3 aromatic rings. The van der Waals surface area contributed by atoms with Crippen LogP contribution >= 0.6 is 24.8 Å². The van der Waals surface area contributed by atoms with E-state index in [1.807, 2.05) is 47.1 Å². The van der Waals surface area contributed by atoms with E-state index < -0.39 is 5.60 Å². The Kier molecular flexibility index (Phi) is 7.66. The van der Waals surface area contributed by atoms with Crippen molar-refractivity contribution < 1.29 is 9.53 Å². The van der Waals surface area contributed by atoms with Crippen molar-refractivity contribution in [2.75, 3.05) is 25.5 Å². The number of halogens is 2. The van der Waals surface area contributed by atoms with E-state index >= 15 is 0 Å². The van der Waals surface area contributed by atoms with Crippen molar-refractivity contribution >= 4 is 42.1 Å². The summed E-state index contributed by atoms with van der Waals surface area (Å²) in [5, 5.41) is 6.26. The van der Waals surface area contributed by atoms with Gasteiger partial charge in [-0.25, -0.2) is 4.98 Å². The number of nitrogens with one attached hydrogen (secondary N) is 2. The molecule has 1 fully saturated rings. The van der Waals surface area contributed by atoms with Crippen molar-refractivity contribution in [3.8, 4) is 11.3 Å². The molecule has 8 heteroatoms. The number of rotatable bonds is 4. The van der Waals surface area contributed by atoms with Gasteiger partial charge in [0.15, 0.2) is 0 Å². The topological polar surface area (TPSA) is 67.7 Å². The van der Waals surface area contributed by atoms with Crippen LogP contribution in [0.1, 0.15) is 18.4 Å². The second-order valence-corrected chi connectivity index (χ2v) is 7.03. The van der Waals surface area contributed by atoms with E-state index in [1.54, 1.807) is 7.11 Å². The molecule has 0 radical (unpaired) electrons. The van der Waals surface area contributed by atoms with Crippen molar-refractivity contribution in [3.05, 3.63) is 54.4 Å². The van der Waals surface area contributed by atoms with Gasteiger partial charge in [0.25, 0.3) is 5.91 Å². The molecule has 0 saturated carbocycles. The molecule has 3 heterocycles. The number of aryl methyl sites for hydroxylation is 1. The van der Waals surface area contributed by atoms with Gasteiger partial charge in [-0.2, -0.15) is 0 Å². The number of piperidine rings is 1. The SMILES string of the molecule is COC1(C(=O)Nc2ccc(-c3cn4cccc(C)c4n3)cc2)CCNCC1.Cl.Cl. The lowest BCUT2D eigenvalue weighted by Gasteiger charge is -2.34. The molecule has 6 nitrogen and oxygen atoms in total. The molecule has 2 aromatic heterocycles. The van der Waals surface area contributed by atoms with Crippen LogP contribution in [-0.4, -0.2) is 41.1 Å². The lowest BCUT2D eigenvalue weighted by molar-refractivity contribution is -0.140. The van der Waals surface area contributed by atoms with E-state index in [-0.39, 0.29) is 30.7 Å². The Balaban J connectivity index is 0.00000150. The number of hydrogen-bond acceptors (Lipinski definition) is 4. The molecule has 0 atom stereocenters. The number of methoxy groups -OCH3 is 1. The second-order valence-electron chi connectivity index (χ2n) is 7.03. The molecule has 156 valence electrons. The fraction of sp³-hybridized carbons (Fsp3) is 0.333. The highest BCUT2D eigenvalue weighted by Gasteiger charge is 2.39. The van der Waals surface area contributed by atoms with E-state index in [0.717, 1.165) is 41.2 Å². The first kappa shape index (κ1) is 23.2. The van der Waals surface area contributed by atoms with Gasteiger partial charge in [0.1, 0.15) is 11.2 Å². The third-order valence-corrected chi connectivity index (χ3v) is 5.33. The standard InChI is InChI=1S/C21H24N4O2.2ClH/c1-15-4-3-13-25-14-18(24-19(15)25)16-5-7-17(8-6-16)23-20(26)21(27-2)9-11-22-12-10-21;;/h3-8,13-14,22H,9-12H2,1-2H3,(H,23,26);2*1H. The van der Waals surface area contributed by atoms with Crippen molar-refractivity contribution in [2.24, 2.45) is 0 Å². The summed E-state index contributed by atoms with van der Waals surface area (Å²) in [6.07, 6.45) is 5.36. The molecule has 1 aliphatic heterocycles. The maximum absolute atomic E-state index is 12.8. The smallest absolute Gasteiger partial charge is 0.256 e. The Bertz CT molecular complexity index is 966. The number of benzene rings is 1. The van der Waals surface area contributed by atoms with Gasteiger partial charge in [0, 0.05) is 30.8 Å². The van der Waals surface area contributed by atoms with Crippen molar-refractivity contribution in [1.29, 1.82) is 0 Å². The quantitative estimate of drug-likeness (QED) is 0.651. The lowest BCUT2D eigenvalue weighted by Crippen LogP contribution is -2.51. The molecule has 0 unspecified atom stereocenters. The molecule has 1 saturated heterocycles. The number of ether oxygens (including phenoxy) is 1. The molecule has 4 rings (SSSR count). The Morgan fingerprint density at radius 1 is 1.17 bits per heavy atom. The van der Waals surface area contributed by atoms with Gasteiger partial charge in [0.05, 0.1) is 5.69 Å². The van der Waals surface area contributed by atoms with Crippen LogP contribution in [0.3, 0.4) is 0 Å². The third kappa shape index (κ3) is 4.56. The van der Waals surface area contributed by atoms with Crippen LogP contribution in [0.5, 0.6) is 0 Å². The zero-order chi connectivity index (χ0) is 18.9. The molecule has 1 aliphatic rings. The Hall–Kier alpha value is -2.12. The Morgan fingerprint density at radius 3 is 2.48 bits per heavy atom. The third-order valence-electron chi connectivity index (χ3n) is 5.33. The van der Waals surface area contributed by atoms with Crippen LogP contribution in [0.25, 0.3) is 16.9 Å². The van der Waals surface area contributed by atoms with Gasteiger partial charge in [-0.05, 0) is 56.6 Å². The van der Waals surface area contributed by atoms with Gasteiger partial charge >= 0.3 is 0 Å². The summed E-state index contributed by atoms with van der Waals surface area (Å²) < 4.78 is 7.61. The van der Waals surface area contributed by atoms with E-state index in [2.05, 4.69) is 23.6 Å². The minimum Gasteiger partial charge on any atom is -0.368 e. The number of fused-ring (bicyclic) bond motifs is 1. The first-order valence-corrected chi connectivity index (χ1v) is 9.23. The molecule has 0 aliphatic carbocycles. The average Bonchev–Trinajstić information content (AvgIpc) is 3.15. The monoisotopic (exact) mass is 436 g/mol. The Morgan fingerprint density at radius 2 is 1.86 bits per heavy atom. The van der Waals surface area contributed by atoms with Crippen molar-refractivity contribution in [1.82, 2.24) is 14.7 Å². The summed E-state index contributed by atoms with van der Waals surface area (Å²) in [4.78, 5) is 17.5. The van der Waals surface area contributed by atoms with Gasteiger partial charge < -0.3 is 19.8 Å². The van der Waals surface area contributed by atoms with Gasteiger partial charge in [0.2, 0.25) is 0 Å². The van der Waals surface area contributed by atoms with E-state index in [9.17, 15) is 4.79 Å². The molecule has 1 aromatic carbocycles. The predicted octanol–water partition coefficient (Wildman–Crippen LogP) is 3.86. The summed E-state index contributed by atoms with van der Waals surface area (Å²) in [5.41, 5.74) is 4.03. The molecule has 0 bridgehead atoms. The first-order chi connectivity index (χ1) is 13.1. The summed E-state index contributed by atoms with van der Waals surface area (Å²) in [6.45, 7) is 3.62.